The van der Waals surface area contributed by atoms with Crippen molar-refractivity contribution in [3.8, 4) is 5.75 Å². The molecule has 2 N–H and O–H groups in total. The monoisotopic (exact) mass is 351 g/mol. The fourth-order valence-corrected chi connectivity index (χ4v) is 2.64. The molecule has 0 fully saturated rings. The van der Waals surface area contributed by atoms with E-state index in [0.717, 1.165) is 22.4 Å². The highest BCUT2D eigenvalue weighted by Crippen LogP contribution is 2.22. The number of methoxy groups -OCH3 is 1. The minimum absolute atomic E-state index is 0.0537. The van der Waals surface area contributed by atoms with E-state index in [1.54, 1.807) is 6.20 Å². The number of anilines is 2. The van der Waals surface area contributed by atoms with Gasteiger partial charge >= 0.3 is 5.56 Å². The number of benzene rings is 2. The second-order valence-electron chi connectivity index (χ2n) is 5.98. The van der Waals surface area contributed by atoms with E-state index in [0.29, 0.717) is 12.5 Å². The van der Waals surface area contributed by atoms with Gasteiger partial charge in [0.05, 0.1) is 26.5 Å². The normalized spacial score (nSPS) is 10.6. The zero-order valence-electron chi connectivity index (χ0n) is 14.8. The minimum atomic E-state index is -0.435. The molecule has 0 aliphatic carbocycles. The first-order valence-electron chi connectivity index (χ1n) is 8.27. The van der Waals surface area contributed by atoms with Crippen molar-refractivity contribution in [1.29, 1.82) is 0 Å². The molecule has 0 radical (unpaired) electrons. The van der Waals surface area contributed by atoms with Crippen molar-refractivity contribution in [1.82, 2.24) is 9.55 Å². The van der Waals surface area contributed by atoms with Gasteiger partial charge in [0, 0.05) is 5.69 Å². The summed E-state index contributed by atoms with van der Waals surface area (Å²) in [6.45, 7) is 2.43. The molecule has 0 saturated carbocycles. The number of aryl methyl sites for hydroxylation is 1. The van der Waals surface area contributed by atoms with E-state index in [1.807, 2.05) is 60.0 Å². The van der Waals surface area contributed by atoms with Crippen molar-refractivity contribution in [2.75, 3.05) is 12.4 Å². The van der Waals surface area contributed by atoms with E-state index in [-0.39, 0.29) is 12.4 Å². The maximum Gasteiger partial charge on any atom is 0.316 e. The molecular formula is C20H21N3O3. The van der Waals surface area contributed by atoms with Crippen LogP contribution in [0.15, 0.2) is 59.5 Å². The molecule has 6 heteroatoms. The molecule has 134 valence electrons. The van der Waals surface area contributed by atoms with E-state index in [4.69, 9.17) is 4.74 Å². The zero-order chi connectivity index (χ0) is 18.5. The van der Waals surface area contributed by atoms with E-state index >= 15 is 0 Å². The Bertz CT molecular complexity index is 952. The first kappa shape index (κ1) is 17.7. The Morgan fingerprint density at radius 2 is 1.92 bits per heavy atom. The summed E-state index contributed by atoms with van der Waals surface area (Å²) in [6, 6.07) is 15.5. The van der Waals surface area contributed by atoms with Gasteiger partial charge in [-0.05, 0) is 29.7 Å². The lowest BCUT2D eigenvalue weighted by atomic mass is 10.1. The van der Waals surface area contributed by atoms with Gasteiger partial charge in [-0.3, -0.25) is 4.79 Å². The van der Waals surface area contributed by atoms with Gasteiger partial charge in [-0.15, -0.1) is 0 Å². The number of aliphatic hydroxyl groups excluding tert-OH is 1. The van der Waals surface area contributed by atoms with Crippen LogP contribution in [0.25, 0.3) is 0 Å². The van der Waals surface area contributed by atoms with Crippen LogP contribution in [0.3, 0.4) is 0 Å². The molecule has 0 atom stereocenters. The number of hydrogen-bond acceptors (Lipinski definition) is 5. The largest absolute Gasteiger partial charge is 0.490 e. The number of aromatic nitrogens is 2. The molecule has 0 aliphatic rings. The highest BCUT2D eigenvalue weighted by atomic mass is 16.5. The van der Waals surface area contributed by atoms with Gasteiger partial charge in [-0.1, -0.05) is 42.5 Å². The second kappa shape index (κ2) is 7.84. The van der Waals surface area contributed by atoms with Gasteiger partial charge in [0.25, 0.3) is 0 Å². The van der Waals surface area contributed by atoms with Gasteiger partial charge in [0.1, 0.15) is 0 Å². The van der Waals surface area contributed by atoms with Crippen molar-refractivity contribution in [3.05, 3.63) is 81.8 Å². The molecule has 2 aromatic carbocycles. The Morgan fingerprint density at radius 3 is 2.62 bits per heavy atom. The topological polar surface area (TPSA) is 76.4 Å². The quantitative estimate of drug-likeness (QED) is 0.714. The summed E-state index contributed by atoms with van der Waals surface area (Å²) in [5.74, 6) is 0.602. The zero-order valence-corrected chi connectivity index (χ0v) is 14.8. The molecule has 0 saturated heterocycles. The molecule has 0 spiro atoms. The molecule has 0 bridgehead atoms. The van der Waals surface area contributed by atoms with Gasteiger partial charge in [-0.2, -0.15) is 4.98 Å². The van der Waals surface area contributed by atoms with Gasteiger partial charge in [0.15, 0.2) is 0 Å². The summed E-state index contributed by atoms with van der Waals surface area (Å²) in [4.78, 5) is 16.3. The summed E-state index contributed by atoms with van der Waals surface area (Å²) in [5, 5.41) is 12.6. The summed E-state index contributed by atoms with van der Waals surface area (Å²) in [5.41, 5.74) is 3.19. The van der Waals surface area contributed by atoms with Crippen LogP contribution in [0, 0.1) is 6.92 Å². The average molecular weight is 351 g/mol. The lowest BCUT2D eigenvalue weighted by molar-refractivity contribution is 0.282. The highest BCUT2D eigenvalue weighted by molar-refractivity contribution is 5.60. The van der Waals surface area contributed by atoms with Crippen LogP contribution in [-0.4, -0.2) is 21.8 Å². The standard InChI is InChI=1S/C20H21N3O3/c1-14-8-9-16(13-24)10-17(14)21-20-22-19(25)18(26-2)12-23(20)11-15-6-4-3-5-7-15/h3-10,12,24H,11,13H2,1-2H3,(H,21,22,25). The van der Waals surface area contributed by atoms with Crippen molar-refractivity contribution < 1.29 is 9.84 Å². The smallest absolute Gasteiger partial charge is 0.316 e. The molecule has 3 aromatic rings. The Morgan fingerprint density at radius 1 is 1.15 bits per heavy atom. The van der Waals surface area contributed by atoms with Gasteiger partial charge < -0.3 is 19.7 Å². The Kier molecular flexibility index (Phi) is 5.34. The number of hydrogen-bond donors (Lipinski definition) is 2. The third kappa shape index (κ3) is 3.92. The highest BCUT2D eigenvalue weighted by Gasteiger charge is 2.11. The lowest BCUT2D eigenvalue weighted by Gasteiger charge is -2.17. The van der Waals surface area contributed by atoms with E-state index in [2.05, 4.69) is 10.3 Å². The summed E-state index contributed by atoms with van der Waals surface area (Å²) in [6.07, 6.45) is 1.65. The predicted molar refractivity (Wildman–Crippen MR) is 101 cm³/mol. The van der Waals surface area contributed by atoms with Crippen LogP contribution in [0.1, 0.15) is 16.7 Å². The Labute approximate surface area is 151 Å². The Balaban J connectivity index is 2.02. The van der Waals surface area contributed by atoms with Crippen molar-refractivity contribution in [3.63, 3.8) is 0 Å². The van der Waals surface area contributed by atoms with Gasteiger partial charge in [0.2, 0.25) is 11.7 Å². The predicted octanol–water partition coefficient (Wildman–Crippen LogP) is 2.84. The average Bonchev–Trinajstić information content (AvgIpc) is 2.66. The van der Waals surface area contributed by atoms with Crippen molar-refractivity contribution in [2.24, 2.45) is 0 Å². The third-order valence-electron chi connectivity index (χ3n) is 4.11. The van der Waals surface area contributed by atoms with E-state index in [9.17, 15) is 9.90 Å². The van der Waals surface area contributed by atoms with Crippen LogP contribution >= 0.6 is 0 Å². The number of nitrogens with zero attached hydrogens (tertiary/aromatic N) is 2. The third-order valence-corrected chi connectivity index (χ3v) is 4.11. The van der Waals surface area contributed by atoms with Crippen LogP contribution in [0.2, 0.25) is 0 Å². The lowest BCUT2D eigenvalue weighted by Crippen LogP contribution is -2.19. The first-order valence-corrected chi connectivity index (χ1v) is 8.27. The van der Waals surface area contributed by atoms with Crippen molar-refractivity contribution in [2.45, 2.75) is 20.1 Å². The number of aliphatic hydroxyl groups is 1. The van der Waals surface area contributed by atoms with Crippen LogP contribution < -0.4 is 15.6 Å². The van der Waals surface area contributed by atoms with Crippen LogP contribution in [0.5, 0.6) is 5.75 Å². The van der Waals surface area contributed by atoms with E-state index in [1.165, 1.54) is 7.11 Å². The molecular weight excluding hydrogens is 330 g/mol. The fraction of sp³-hybridized carbons (Fsp3) is 0.200. The summed E-state index contributed by atoms with van der Waals surface area (Å²) >= 11 is 0. The van der Waals surface area contributed by atoms with Crippen LogP contribution in [0.4, 0.5) is 11.6 Å². The molecule has 6 nitrogen and oxygen atoms in total. The minimum Gasteiger partial charge on any atom is -0.490 e. The van der Waals surface area contributed by atoms with Gasteiger partial charge in [-0.25, -0.2) is 0 Å². The van der Waals surface area contributed by atoms with E-state index < -0.39 is 5.56 Å². The molecule has 0 unspecified atom stereocenters. The maximum atomic E-state index is 12.1. The number of ether oxygens (including phenoxy) is 1. The second-order valence-corrected chi connectivity index (χ2v) is 5.98. The summed E-state index contributed by atoms with van der Waals surface area (Å²) < 4.78 is 6.97. The maximum absolute atomic E-state index is 12.1. The molecule has 3 rings (SSSR count). The molecule has 0 amide bonds. The molecule has 26 heavy (non-hydrogen) atoms. The Hall–Kier alpha value is -3.12. The summed E-state index contributed by atoms with van der Waals surface area (Å²) in [7, 11) is 1.45. The first-order chi connectivity index (χ1) is 12.6. The number of nitrogens with one attached hydrogen (secondary N) is 1. The van der Waals surface area contributed by atoms with Crippen molar-refractivity contribution >= 4 is 11.6 Å². The molecule has 1 aromatic heterocycles. The molecule has 0 aliphatic heterocycles. The fourth-order valence-electron chi connectivity index (χ4n) is 2.64. The number of rotatable bonds is 6. The molecule has 1 heterocycles. The van der Waals surface area contributed by atoms with Crippen LogP contribution in [-0.2, 0) is 13.2 Å². The SMILES string of the molecule is COc1cn(Cc2ccccc2)c(Nc2cc(CO)ccc2C)nc1=O.